The molecule has 2 saturated heterocycles. The van der Waals surface area contributed by atoms with Gasteiger partial charge in [-0.05, 0) is 52.3 Å². The molecule has 8 heteroatoms. The van der Waals surface area contributed by atoms with Gasteiger partial charge in [-0.1, -0.05) is 6.07 Å². The molecule has 0 saturated carbocycles. The van der Waals surface area contributed by atoms with Crippen molar-refractivity contribution in [1.82, 2.24) is 4.90 Å². The maximum Gasteiger partial charge on any atom is 0.494 e. The zero-order chi connectivity index (χ0) is 18.5. The number of halogens is 1. The average molecular weight is 368 g/mol. The monoisotopic (exact) mass is 368 g/mol. The van der Waals surface area contributed by atoms with Gasteiger partial charge in [-0.25, -0.2) is 8.60 Å². The van der Waals surface area contributed by atoms with Crippen LogP contribution in [0.2, 0.25) is 0 Å². The summed E-state index contributed by atoms with van der Waals surface area (Å²) in [6.45, 7) is 9.26. The third kappa shape index (κ3) is 3.77. The summed E-state index contributed by atoms with van der Waals surface area (Å²) < 4.78 is 43.5. The van der Waals surface area contributed by atoms with E-state index in [-0.39, 0.29) is 5.69 Å². The molecular weight excluding hydrogens is 342 g/mol. The summed E-state index contributed by atoms with van der Waals surface area (Å²) in [5.74, 6) is 0.456. The first kappa shape index (κ1) is 18.8. The molecule has 2 aliphatic rings. The fourth-order valence-corrected chi connectivity index (χ4v) is 4.89. The Kier molecular flexibility index (Phi) is 4.77. The van der Waals surface area contributed by atoms with Crippen LogP contribution in [0.3, 0.4) is 0 Å². The molecule has 0 aliphatic carbocycles. The second kappa shape index (κ2) is 6.34. The lowest BCUT2D eigenvalue weighted by atomic mass is 9.79. The van der Waals surface area contributed by atoms with Crippen molar-refractivity contribution in [3.8, 4) is 0 Å². The first-order valence-corrected chi connectivity index (χ1v) is 10.4. The van der Waals surface area contributed by atoms with Crippen molar-refractivity contribution in [3.05, 3.63) is 24.0 Å². The van der Waals surface area contributed by atoms with E-state index in [1.54, 1.807) is 12.1 Å². The summed E-state index contributed by atoms with van der Waals surface area (Å²) in [6.07, 6.45) is 0. The molecule has 0 amide bonds. The van der Waals surface area contributed by atoms with Gasteiger partial charge in [-0.15, -0.1) is 0 Å². The highest BCUT2D eigenvalue weighted by Crippen LogP contribution is 2.36. The molecule has 2 fully saturated rings. The van der Waals surface area contributed by atoms with Crippen molar-refractivity contribution in [3.63, 3.8) is 0 Å². The number of rotatable bonds is 2. The van der Waals surface area contributed by atoms with Crippen LogP contribution in [0.25, 0.3) is 0 Å². The first-order chi connectivity index (χ1) is 11.5. The Hall–Kier alpha value is -0.955. The Bertz CT molecular complexity index is 760. The second-order valence-electron chi connectivity index (χ2n) is 7.87. The molecular formula is C17H26BFN2O3S. The van der Waals surface area contributed by atoms with Crippen LogP contribution in [0.15, 0.2) is 22.6 Å². The third-order valence-electron chi connectivity index (χ3n) is 5.35. The standard InChI is InChI=1S/C17H26BFN2O3S/c1-16(2)17(3,4)24-18(23-16)13-6-7-15(14(19)12-13)20-25(22)10-8-21(5)9-11-25/h6-7,12H,8-11H2,1-5H3. The maximum atomic E-state index is 14.5. The zero-order valence-electron chi connectivity index (χ0n) is 15.5. The molecule has 2 aliphatic heterocycles. The van der Waals surface area contributed by atoms with E-state index in [2.05, 4.69) is 9.26 Å². The lowest BCUT2D eigenvalue weighted by molar-refractivity contribution is 0.00578. The highest BCUT2D eigenvalue weighted by atomic mass is 32.2. The molecule has 0 spiro atoms. The Morgan fingerprint density at radius 3 is 2.24 bits per heavy atom. The molecule has 0 bridgehead atoms. The normalized spacial score (nSPS) is 25.1. The van der Waals surface area contributed by atoms with E-state index < -0.39 is 33.9 Å². The Morgan fingerprint density at radius 2 is 1.72 bits per heavy atom. The minimum atomic E-state index is -2.39. The van der Waals surface area contributed by atoms with Gasteiger partial charge in [0.15, 0.2) is 0 Å². The minimum absolute atomic E-state index is 0.148. The van der Waals surface area contributed by atoms with Gasteiger partial charge >= 0.3 is 7.12 Å². The first-order valence-electron chi connectivity index (χ1n) is 8.58. The number of hydrogen-bond donors (Lipinski definition) is 0. The zero-order valence-corrected chi connectivity index (χ0v) is 16.4. The van der Waals surface area contributed by atoms with Gasteiger partial charge in [0.25, 0.3) is 0 Å². The van der Waals surface area contributed by atoms with Crippen LogP contribution in [0.1, 0.15) is 27.7 Å². The predicted molar refractivity (Wildman–Crippen MR) is 99.6 cm³/mol. The molecule has 0 radical (unpaired) electrons. The van der Waals surface area contributed by atoms with Crippen LogP contribution >= 0.6 is 0 Å². The van der Waals surface area contributed by atoms with Crippen LogP contribution in [0.5, 0.6) is 0 Å². The minimum Gasteiger partial charge on any atom is -0.399 e. The van der Waals surface area contributed by atoms with Crippen LogP contribution < -0.4 is 5.46 Å². The van der Waals surface area contributed by atoms with Gasteiger partial charge in [0.1, 0.15) is 11.5 Å². The quantitative estimate of drug-likeness (QED) is 0.751. The van der Waals surface area contributed by atoms with Gasteiger partial charge in [0, 0.05) is 24.6 Å². The molecule has 0 N–H and O–H groups in total. The predicted octanol–water partition coefficient (Wildman–Crippen LogP) is 2.17. The van der Waals surface area contributed by atoms with E-state index >= 15 is 0 Å². The van der Waals surface area contributed by atoms with E-state index in [1.807, 2.05) is 34.7 Å². The van der Waals surface area contributed by atoms with Gasteiger partial charge in [-0.2, -0.15) is 4.36 Å². The maximum absolute atomic E-state index is 14.5. The second-order valence-corrected chi connectivity index (χ2v) is 10.4. The highest BCUT2D eigenvalue weighted by Gasteiger charge is 2.51. The van der Waals surface area contributed by atoms with Gasteiger partial charge < -0.3 is 14.2 Å². The summed E-state index contributed by atoms with van der Waals surface area (Å²) in [6, 6.07) is 4.68. The van der Waals surface area contributed by atoms with Gasteiger partial charge in [-0.3, -0.25) is 0 Å². The molecule has 25 heavy (non-hydrogen) atoms. The Morgan fingerprint density at radius 1 is 1.16 bits per heavy atom. The molecule has 0 aromatic heterocycles. The molecule has 2 heterocycles. The largest absolute Gasteiger partial charge is 0.494 e. The SMILES string of the molecule is CN1CCS(=O)(=Nc2ccc(B3OC(C)(C)C(C)(C)O3)cc2F)CC1. The highest BCUT2D eigenvalue weighted by molar-refractivity contribution is 7.93. The number of benzene rings is 1. The average Bonchev–Trinajstić information content (AvgIpc) is 2.73. The molecule has 1 aromatic rings. The van der Waals surface area contributed by atoms with Crippen molar-refractivity contribution in [2.75, 3.05) is 31.6 Å². The number of nitrogens with zero attached hydrogens (tertiary/aromatic N) is 2. The molecule has 0 unspecified atom stereocenters. The van der Waals surface area contributed by atoms with E-state index in [4.69, 9.17) is 9.31 Å². The fourth-order valence-electron chi connectivity index (χ4n) is 2.80. The van der Waals surface area contributed by atoms with Gasteiger partial charge in [0.2, 0.25) is 0 Å². The van der Waals surface area contributed by atoms with E-state index in [0.29, 0.717) is 17.0 Å². The summed E-state index contributed by atoms with van der Waals surface area (Å²) >= 11 is 0. The lowest BCUT2D eigenvalue weighted by Gasteiger charge is -2.32. The summed E-state index contributed by atoms with van der Waals surface area (Å²) in [5, 5.41) is 0. The van der Waals surface area contributed by atoms with Crippen LogP contribution in [-0.4, -0.2) is 59.1 Å². The van der Waals surface area contributed by atoms with Crippen molar-refractivity contribution in [1.29, 1.82) is 0 Å². The molecule has 3 rings (SSSR count). The number of hydrogen-bond acceptors (Lipinski definition) is 5. The summed E-state index contributed by atoms with van der Waals surface area (Å²) in [7, 11) is -1.02. The molecule has 138 valence electrons. The fraction of sp³-hybridized carbons (Fsp3) is 0.647. The summed E-state index contributed by atoms with van der Waals surface area (Å²) in [5.41, 5.74) is -0.202. The lowest BCUT2D eigenvalue weighted by Crippen LogP contribution is -2.41. The smallest absolute Gasteiger partial charge is 0.399 e. The van der Waals surface area contributed by atoms with Gasteiger partial charge in [0.05, 0.1) is 20.9 Å². The Labute approximate surface area is 150 Å². The molecule has 1 aromatic carbocycles. The Balaban J connectivity index is 1.84. The van der Waals surface area contributed by atoms with Crippen LogP contribution in [0.4, 0.5) is 10.1 Å². The van der Waals surface area contributed by atoms with E-state index in [9.17, 15) is 8.60 Å². The van der Waals surface area contributed by atoms with Crippen molar-refractivity contribution < 1.29 is 17.9 Å². The van der Waals surface area contributed by atoms with Crippen molar-refractivity contribution >= 4 is 28.0 Å². The van der Waals surface area contributed by atoms with Crippen LogP contribution in [-0.2, 0) is 19.0 Å². The van der Waals surface area contributed by atoms with E-state index in [0.717, 1.165) is 13.1 Å². The third-order valence-corrected chi connectivity index (χ3v) is 7.52. The molecule has 5 nitrogen and oxygen atoms in total. The van der Waals surface area contributed by atoms with E-state index in [1.165, 1.54) is 6.07 Å². The topological polar surface area (TPSA) is 51.1 Å². The van der Waals surface area contributed by atoms with Crippen LogP contribution in [0, 0.1) is 5.82 Å². The van der Waals surface area contributed by atoms with Crippen molar-refractivity contribution in [2.45, 2.75) is 38.9 Å². The molecule has 0 atom stereocenters. The summed E-state index contributed by atoms with van der Waals surface area (Å²) in [4.78, 5) is 2.11. The van der Waals surface area contributed by atoms with Crippen molar-refractivity contribution in [2.24, 2.45) is 4.36 Å².